The van der Waals surface area contributed by atoms with Gasteiger partial charge in [-0.15, -0.1) is 11.3 Å². The van der Waals surface area contributed by atoms with Crippen molar-refractivity contribution in [1.82, 2.24) is 10.2 Å². The molecule has 1 saturated heterocycles. The van der Waals surface area contributed by atoms with Crippen molar-refractivity contribution in [3.63, 3.8) is 0 Å². The highest BCUT2D eigenvalue weighted by atomic mass is 32.1. The molecular formula is C16H28N2OS. The summed E-state index contributed by atoms with van der Waals surface area (Å²) in [5.41, 5.74) is 0. The number of aryl methyl sites for hydroxylation is 1. The van der Waals surface area contributed by atoms with Crippen LogP contribution in [0.1, 0.15) is 31.6 Å². The molecule has 1 aromatic rings. The van der Waals surface area contributed by atoms with E-state index in [0.29, 0.717) is 12.1 Å². The fraction of sp³-hybridized carbons (Fsp3) is 0.750. The molecule has 2 rings (SSSR count). The van der Waals surface area contributed by atoms with Gasteiger partial charge in [-0.05, 0) is 43.8 Å². The minimum absolute atomic E-state index is 0.343. The SMILES string of the molecule is CCCN1CCOC(C(CCc2cccs2)NCC)C1. The summed E-state index contributed by atoms with van der Waals surface area (Å²) < 4.78 is 6.04. The zero-order chi connectivity index (χ0) is 14.2. The summed E-state index contributed by atoms with van der Waals surface area (Å²) in [7, 11) is 0. The third-order valence-electron chi connectivity index (χ3n) is 3.91. The molecule has 1 fully saturated rings. The summed E-state index contributed by atoms with van der Waals surface area (Å²) in [6.45, 7) is 9.70. The van der Waals surface area contributed by atoms with Crippen LogP contribution in [0.5, 0.6) is 0 Å². The van der Waals surface area contributed by atoms with Gasteiger partial charge in [-0.25, -0.2) is 0 Å². The van der Waals surface area contributed by atoms with E-state index in [1.807, 2.05) is 11.3 Å². The van der Waals surface area contributed by atoms with Gasteiger partial charge in [0.05, 0.1) is 12.7 Å². The molecule has 0 amide bonds. The molecule has 3 nitrogen and oxygen atoms in total. The van der Waals surface area contributed by atoms with Crippen LogP contribution >= 0.6 is 11.3 Å². The van der Waals surface area contributed by atoms with Gasteiger partial charge in [-0.3, -0.25) is 4.90 Å². The molecule has 1 aliphatic rings. The van der Waals surface area contributed by atoms with E-state index in [4.69, 9.17) is 4.74 Å². The van der Waals surface area contributed by atoms with Gasteiger partial charge in [0.2, 0.25) is 0 Å². The number of rotatable bonds is 8. The zero-order valence-electron chi connectivity index (χ0n) is 12.8. The van der Waals surface area contributed by atoms with Gasteiger partial charge in [0.15, 0.2) is 0 Å². The van der Waals surface area contributed by atoms with Crippen LogP contribution in [0.2, 0.25) is 0 Å². The Morgan fingerprint density at radius 2 is 2.40 bits per heavy atom. The summed E-state index contributed by atoms with van der Waals surface area (Å²) in [4.78, 5) is 4.03. The molecule has 1 N–H and O–H groups in total. The highest BCUT2D eigenvalue weighted by molar-refractivity contribution is 7.09. The highest BCUT2D eigenvalue weighted by Crippen LogP contribution is 2.17. The fourth-order valence-corrected chi connectivity index (χ4v) is 3.65. The summed E-state index contributed by atoms with van der Waals surface area (Å²) >= 11 is 1.86. The van der Waals surface area contributed by atoms with Crippen molar-refractivity contribution in [2.24, 2.45) is 0 Å². The van der Waals surface area contributed by atoms with Crippen molar-refractivity contribution in [1.29, 1.82) is 0 Å². The van der Waals surface area contributed by atoms with Gasteiger partial charge in [0.25, 0.3) is 0 Å². The van der Waals surface area contributed by atoms with E-state index in [2.05, 4.69) is 41.6 Å². The maximum absolute atomic E-state index is 6.04. The summed E-state index contributed by atoms with van der Waals surface area (Å²) in [5.74, 6) is 0. The lowest BCUT2D eigenvalue weighted by molar-refractivity contribution is -0.0472. The molecule has 4 heteroatoms. The van der Waals surface area contributed by atoms with Gasteiger partial charge in [0.1, 0.15) is 0 Å². The molecule has 114 valence electrons. The largest absolute Gasteiger partial charge is 0.374 e. The summed E-state index contributed by atoms with van der Waals surface area (Å²) in [6.07, 6.45) is 3.89. The topological polar surface area (TPSA) is 24.5 Å². The monoisotopic (exact) mass is 296 g/mol. The van der Waals surface area contributed by atoms with Crippen molar-refractivity contribution in [2.75, 3.05) is 32.8 Å². The summed E-state index contributed by atoms with van der Waals surface area (Å²) in [6, 6.07) is 4.85. The molecule has 1 aromatic heterocycles. The predicted molar refractivity (Wildman–Crippen MR) is 86.6 cm³/mol. The van der Waals surface area contributed by atoms with E-state index < -0.39 is 0 Å². The van der Waals surface area contributed by atoms with Gasteiger partial charge >= 0.3 is 0 Å². The van der Waals surface area contributed by atoms with E-state index >= 15 is 0 Å². The van der Waals surface area contributed by atoms with E-state index in [9.17, 15) is 0 Å². The van der Waals surface area contributed by atoms with Gasteiger partial charge in [0, 0.05) is 24.0 Å². The molecule has 0 spiro atoms. The minimum atomic E-state index is 0.343. The van der Waals surface area contributed by atoms with Crippen molar-refractivity contribution in [2.45, 2.75) is 45.3 Å². The second-order valence-electron chi connectivity index (χ2n) is 5.49. The first-order chi connectivity index (χ1) is 9.83. The average Bonchev–Trinajstić information content (AvgIpc) is 2.97. The molecule has 2 atom stereocenters. The smallest absolute Gasteiger partial charge is 0.0855 e. The van der Waals surface area contributed by atoms with E-state index in [0.717, 1.165) is 32.7 Å². The number of morpholine rings is 1. The Kier molecular flexibility index (Phi) is 7.00. The standard InChI is InChI=1S/C16H28N2OS/c1-3-9-18-10-11-19-16(13-18)15(17-4-2)8-7-14-6-5-12-20-14/h5-6,12,15-17H,3-4,7-11,13H2,1-2H3. The van der Waals surface area contributed by atoms with Crippen LogP contribution in [0, 0.1) is 0 Å². The number of likely N-dealkylation sites (N-methyl/N-ethyl adjacent to an activating group) is 1. The fourth-order valence-electron chi connectivity index (χ4n) is 2.93. The van der Waals surface area contributed by atoms with Crippen LogP contribution in [0.15, 0.2) is 17.5 Å². The van der Waals surface area contributed by atoms with Crippen molar-refractivity contribution >= 4 is 11.3 Å². The van der Waals surface area contributed by atoms with Crippen LogP contribution in [-0.4, -0.2) is 49.8 Å². The molecule has 0 aromatic carbocycles. The van der Waals surface area contributed by atoms with Crippen molar-refractivity contribution < 1.29 is 4.74 Å². The molecule has 2 unspecified atom stereocenters. The lowest BCUT2D eigenvalue weighted by atomic mass is 10.0. The van der Waals surface area contributed by atoms with Crippen LogP contribution in [0.4, 0.5) is 0 Å². The molecule has 0 bridgehead atoms. The van der Waals surface area contributed by atoms with E-state index in [1.54, 1.807) is 0 Å². The van der Waals surface area contributed by atoms with Crippen LogP contribution in [-0.2, 0) is 11.2 Å². The second-order valence-corrected chi connectivity index (χ2v) is 6.52. The Labute approximate surface area is 127 Å². The predicted octanol–water partition coefficient (Wildman–Crippen LogP) is 2.77. The minimum Gasteiger partial charge on any atom is -0.374 e. The zero-order valence-corrected chi connectivity index (χ0v) is 13.6. The average molecular weight is 296 g/mol. The number of thiophene rings is 1. The first kappa shape index (κ1) is 16.0. The molecule has 0 saturated carbocycles. The molecular weight excluding hydrogens is 268 g/mol. The maximum Gasteiger partial charge on any atom is 0.0855 e. The first-order valence-electron chi connectivity index (χ1n) is 7.93. The number of ether oxygens (including phenoxy) is 1. The quantitative estimate of drug-likeness (QED) is 0.798. The lowest BCUT2D eigenvalue weighted by Gasteiger charge is -2.37. The first-order valence-corrected chi connectivity index (χ1v) is 8.81. The Morgan fingerprint density at radius 1 is 1.50 bits per heavy atom. The lowest BCUT2D eigenvalue weighted by Crippen LogP contribution is -2.52. The Bertz CT molecular complexity index is 353. The van der Waals surface area contributed by atoms with Crippen molar-refractivity contribution in [3.8, 4) is 0 Å². The number of nitrogens with one attached hydrogen (secondary N) is 1. The molecule has 2 heterocycles. The van der Waals surface area contributed by atoms with Gasteiger partial charge < -0.3 is 10.1 Å². The second kappa shape index (κ2) is 8.78. The van der Waals surface area contributed by atoms with Gasteiger partial charge in [-0.2, -0.15) is 0 Å². The number of hydrogen-bond acceptors (Lipinski definition) is 4. The number of hydrogen-bond donors (Lipinski definition) is 1. The third-order valence-corrected chi connectivity index (χ3v) is 4.85. The van der Waals surface area contributed by atoms with E-state index in [-0.39, 0.29) is 0 Å². The van der Waals surface area contributed by atoms with Crippen LogP contribution in [0.3, 0.4) is 0 Å². The van der Waals surface area contributed by atoms with Crippen LogP contribution in [0.25, 0.3) is 0 Å². The Balaban J connectivity index is 1.86. The maximum atomic E-state index is 6.04. The summed E-state index contributed by atoms with van der Waals surface area (Å²) in [5, 5.41) is 5.79. The molecule has 0 radical (unpaired) electrons. The Morgan fingerprint density at radius 3 is 3.10 bits per heavy atom. The van der Waals surface area contributed by atoms with Gasteiger partial charge in [-0.1, -0.05) is 19.9 Å². The normalized spacial score (nSPS) is 22.0. The molecule has 20 heavy (non-hydrogen) atoms. The molecule has 0 aliphatic carbocycles. The van der Waals surface area contributed by atoms with Crippen LogP contribution < -0.4 is 5.32 Å². The molecule has 1 aliphatic heterocycles. The Hall–Kier alpha value is -0.420. The number of nitrogens with zero attached hydrogens (tertiary/aromatic N) is 1. The third kappa shape index (κ3) is 4.85. The van der Waals surface area contributed by atoms with E-state index in [1.165, 1.54) is 24.3 Å². The highest BCUT2D eigenvalue weighted by Gasteiger charge is 2.27. The van der Waals surface area contributed by atoms with Crippen molar-refractivity contribution in [3.05, 3.63) is 22.4 Å².